The molecule has 3 amide bonds. The van der Waals surface area contributed by atoms with Crippen molar-refractivity contribution < 1.29 is 39.3 Å². The summed E-state index contributed by atoms with van der Waals surface area (Å²) in [5, 5.41) is 35.2. The number of nitrogens with one attached hydrogen (secondary N) is 4. The predicted octanol–water partition coefficient (Wildman–Crippen LogP) is -1.20. The zero-order valence-electron chi connectivity index (χ0n) is 20.1. The van der Waals surface area contributed by atoms with Gasteiger partial charge >= 0.3 is 11.9 Å². The smallest absolute Gasteiger partial charge is 0.328 e. The average Bonchev–Trinajstić information content (AvgIpc) is 3.26. The number of thioether (sulfide) groups is 1. The lowest BCUT2D eigenvalue weighted by Gasteiger charge is -2.24. The minimum absolute atomic E-state index is 0.0876. The Morgan fingerprint density at radius 3 is 2.22 bits per heavy atom. The number of aliphatic carboxylic acids is 2. The highest BCUT2D eigenvalue weighted by molar-refractivity contribution is 7.98. The van der Waals surface area contributed by atoms with Gasteiger partial charge in [0.1, 0.15) is 18.1 Å². The molecule has 202 valence electrons. The second-order valence-corrected chi connectivity index (χ2v) is 9.24. The molecule has 0 spiro atoms. The van der Waals surface area contributed by atoms with E-state index < -0.39 is 66.9 Å². The van der Waals surface area contributed by atoms with Crippen LogP contribution in [0.5, 0.6) is 0 Å². The minimum Gasteiger partial charge on any atom is -0.481 e. The number of amides is 3. The lowest BCUT2D eigenvalue weighted by molar-refractivity contribution is -0.144. The number of aliphatic hydroxyl groups excluding tert-OH is 1. The number of rotatable bonds is 15. The molecule has 1 aromatic carbocycles. The Bertz CT molecular complexity index is 1120. The van der Waals surface area contributed by atoms with Gasteiger partial charge in [-0.05, 0) is 36.5 Å². The first-order valence-corrected chi connectivity index (χ1v) is 12.7. The van der Waals surface area contributed by atoms with Gasteiger partial charge < -0.3 is 42.0 Å². The van der Waals surface area contributed by atoms with E-state index in [1.54, 1.807) is 12.5 Å². The Kier molecular flexibility index (Phi) is 11.4. The van der Waals surface area contributed by atoms with Crippen LogP contribution in [0.1, 0.15) is 18.4 Å². The standard InChI is InChI=1S/C23H31N5O8S/c1-37-7-6-16(21(33)28-18(11-29)23(35)36)26-22(34)17(9-19(30)31)27-20(32)14(24)8-12-10-25-15-5-3-2-4-13(12)15/h2-5,10,14,16-18,25,29H,6-9,11,24H2,1H3,(H,26,34)(H,27,32)(H,28,33)(H,30,31)(H,35,36). The molecule has 37 heavy (non-hydrogen) atoms. The number of carbonyl (C=O) groups excluding carboxylic acids is 3. The number of hydrogen-bond donors (Lipinski definition) is 8. The number of nitrogens with two attached hydrogens (primary N) is 1. The van der Waals surface area contributed by atoms with E-state index in [1.165, 1.54) is 11.8 Å². The lowest BCUT2D eigenvalue weighted by Crippen LogP contribution is -2.58. The fourth-order valence-electron chi connectivity index (χ4n) is 3.53. The highest BCUT2D eigenvalue weighted by atomic mass is 32.2. The van der Waals surface area contributed by atoms with Crippen molar-refractivity contribution in [2.24, 2.45) is 5.73 Å². The van der Waals surface area contributed by atoms with Crippen molar-refractivity contribution in [3.63, 3.8) is 0 Å². The number of H-pyrrole nitrogens is 1. The van der Waals surface area contributed by atoms with Crippen molar-refractivity contribution in [1.82, 2.24) is 20.9 Å². The largest absolute Gasteiger partial charge is 0.481 e. The molecule has 9 N–H and O–H groups in total. The molecule has 0 aliphatic rings. The number of para-hydroxylation sites is 1. The number of aliphatic hydroxyl groups is 1. The molecule has 2 aromatic rings. The highest BCUT2D eigenvalue weighted by Gasteiger charge is 2.31. The molecule has 0 bridgehead atoms. The van der Waals surface area contributed by atoms with Gasteiger partial charge in [0.2, 0.25) is 17.7 Å². The second kappa shape index (κ2) is 14.2. The summed E-state index contributed by atoms with van der Waals surface area (Å²) in [4.78, 5) is 63.8. The predicted molar refractivity (Wildman–Crippen MR) is 136 cm³/mol. The monoisotopic (exact) mass is 537 g/mol. The maximum Gasteiger partial charge on any atom is 0.328 e. The van der Waals surface area contributed by atoms with Crippen LogP contribution < -0.4 is 21.7 Å². The van der Waals surface area contributed by atoms with Gasteiger partial charge in [0, 0.05) is 17.1 Å². The third-order valence-electron chi connectivity index (χ3n) is 5.50. The summed E-state index contributed by atoms with van der Waals surface area (Å²) < 4.78 is 0. The van der Waals surface area contributed by atoms with Crippen molar-refractivity contribution in [2.45, 2.75) is 43.4 Å². The normalized spacial score (nSPS) is 14.2. The molecule has 0 fully saturated rings. The van der Waals surface area contributed by atoms with Crippen LogP contribution >= 0.6 is 11.8 Å². The molecule has 4 atom stereocenters. The minimum atomic E-state index is -1.58. The van der Waals surface area contributed by atoms with Crippen LogP contribution in [0.3, 0.4) is 0 Å². The van der Waals surface area contributed by atoms with Crippen LogP contribution in [0, 0.1) is 0 Å². The lowest BCUT2D eigenvalue weighted by atomic mass is 10.0. The van der Waals surface area contributed by atoms with Gasteiger partial charge in [-0.2, -0.15) is 11.8 Å². The van der Waals surface area contributed by atoms with E-state index in [0.717, 1.165) is 16.5 Å². The molecular formula is C23H31N5O8S. The van der Waals surface area contributed by atoms with Crippen molar-refractivity contribution in [3.05, 3.63) is 36.0 Å². The SMILES string of the molecule is CSCCC(NC(=O)C(CC(=O)O)NC(=O)C(N)Cc1c[nH]c2ccccc12)C(=O)NC(CO)C(=O)O. The Morgan fingerprint density at radius 1 is 0.973 bits per heavy atom. The summed E-state index contributed by atoms with van der Waals surface area (Å²) in [7, 11) is 0. The fraction of sp³-hybridized carbons (Fsp3) is 0.435. The van der Waals surface area contributed by atoms with Crippen molar-refractivity contribution >= 4 is 52.3 Å². The zero-order valence-corrected chi connectivity index (χ0v) is 20.9. The van der Waals surface area contributed by atoms with Gasteiger partial charge in [0.25, 0.3) is 0 Å². The molecule has 0 aliphatic carbocycles. The van der Waals surface area contributed by atoms with Crippen LogP contribution in [-0.4, -0.2) is 92.7 Å². The van der Waals surface area contributed by atoms with E-state index in [0.29, 0.717) is 5.75 Å². The second-order valence-electron chi connectivity index (χ2n) is 8.25. The number of fused-ring (bicyclic) bond motifs is 1. The number of carbonyl (C=O) groups is 5. The van der Waals surface area contributed by atoms with Crippen LogP contribution in [-0.2, 0) is 30.4 Å². The van der Waals surface area contributed by atoms with Crippen molar-refractivity contribution in [2.75, 3.05) is 18.6 Å². The van der Waals surface area contributed by atoms with Gasteiger partial charge in [0.05, 0.1) is 19.1 Å². The van der Waals surface area contributed by atoms with E-state index in [2.05, 4.69) is 20.9 Å². The van der Waals surface area contributed by atoms with E-state index in [-0.39, 0.29) is 12.8 Å². The van der Waals surface area contributed by atoms with Crippen LogP contribution in [0.25, 0.3) is 10.9 Å². The summed E-state index contributed by atoms with van der Waals surface area (Å²) in [6.45, 7) is -0.865. The number of carboxylic acid groups (broad SMARTS) is 2. The molecule has 0 aliphatic heterocycles. The van der Waals surface area contributed by atoms with Crippen molar-refractivity contribution in [3.8, 4) is 0 Å². The Labute approximate surface area is 216 Å². The fourth-order valence-corrected chi connectivity index (χ4v) is 4.00. The van der Waals surface area contributed by atoms with Gasteiger partial charge in [0.15, 0.2) is 0 Å². The third kappa shape index (κ3) is 8.77. The third-order valence-corrected chi connectivity index (χ3v) is 6.15. The number of aromatic amines is 1. The average molecular weight is 538 g/mol. The van der Waals surface area contributed by atoms with Crippen LogP contribution in [0.4, 0.5) is 0 Å². The highest BCUT2D eigenvalue weighted by Crippen LogP contribution is 2.18. The van der Waals surface area contributed by atoms with Crippen LogP contribution in [0.15, 0.2) is 30.5 Å². The molecule has 1 aromatic heterocycles. The summed E-state index contributed by atoms with van der Waals surface area (Å²) in [6, 6.07) is 1.94. The summed E-state index contributed by atoms with van der Waals surface area (Å²) >= 11 is 1.36. The van der Waals surface area contributed by atoms with Crippen LogP contribution in [0.2, 0.25) is 0 Å². The molecule has 14 heteroatoms. The van der Waals surface area contributed by atoms with E-state index in [4.69, 9.17) is 15.9 Å². The van der Waals surface area contributed by atoms with E-state index in [9.17, 15) is 29.1 Å². The quantitative estimate of drug-likeness (QED) is 0.135. The van der Waals surface area contributed by atoms with E-state index in [1.807, 2.05) is 24.3 Å². The molecule has 4 unspecified atom stereocenters. The summed E-state index contributed by atoms with van der Waals surface area (Å²) in [5.74, 6) is -5.02. The first kappa shape index (κ1) is 29.6. The number of carboxylic acids is 2. The van der Waals surface area contributed by atoms with Gasteiger partial charge in [-0.3, -0.25) is 19.2 Å². The summed E-state index contributed by atoms with van der Waals surface area (Å²) in [6.07, 6.45) is 2.90. The van der Waals surface area contributed by atoms with Crippen molar-refractivity contribution in [1.29, 1.82) is 0 Å². The maximum absolute atomic E-state index is 12.9. The van der Waals surface area contributed by atoms with Gasteiger partial charge in [-0.25, -0.2) is 4.79 Å². The molecule has 0 saturated heterocycles. The zero-order chi connectivity index (χ0) is 27.5. The first-order valence-electron chi connectivity index (χ1n) is 11.3. The van der Waals surface area contributed by atoms with Gasteiger partial charge in [-0.15, -0.1) is 0 Å². The number of hydrogen-bond acceptors (Lipinski definition) is 8. The Morgan fingerprint density at radius 2 is 1.59 bits per heavy atom. The number of aromatic nitrogens is 1. The molecule has 0 saturated carbocycles. The molecule has 1 heterocycles. The maximum atomic E-state index is 12.9. The Hall–Kier alpha value is -3.62. The van der Waals surface area contributed by atoms with Gasteiger partial charge in [-0.1, -0.05) is 18.2 Å². The molecule has 13 nitrogen and oxygen atoms in total. The number of benzene rings is 1. The Balaban J connectivity index is 2.11. The van der Waals surface area contributed by atoms with E-state index >= 15 is 0 Å². The molecule has 2 rings (SSSR count). The molecular weight excluding hydrogens is 506 g/mol. The molecule has 0 radical (unpaired) electrons. The topological polar surface area (TPSA) is 224 Å². The first-order chi connectivity index (χ1) is 17.6. The summed E-state index contributed by atoms with van der Waals surface area (Å²) in [5.41, 5.74) is 7.66.